The van der Waals surface area contributed by atoms with Gasteiger partial charge in [-0.2, -0.15) is 5.26 Å². The van der Waals surface area contributed by atoms with E-state index in [0.29, 0.717) is 5.69 Å². The molecule has 0 aliphatic carbocycles. The van der Waals surface area contributed by atoms with Crippen LogP contribution in [0.15, 0.2) is 48.5 Å². The molecule has 2 rings (SSSR count). The molecule has 2 aromatic carbocycles. The molecular weight excluding hydrogens is 234 g/mol. The molecule has 1 N–H and O–H groups in total. The molecule has 1 atom stereocenters. The van der Waals surface area contributed by atoms with Gasteiger partial charge in [0.1, 0.15) is 17.7 Å². The Morgan fingerprint density at radius 2 is 1.78 bits per heavy atom. The largest absolute Gasteiger partial charge is 0.366 e. The maximum atomic E-state index is 13.6. The number of hydrogen-bond donors (Lipinski definition) is 1. The topological polar surface area (TPSA) is 35.8 Å². The van der Waals surface area contributed by atoms with Crippen LogP contribution in [0.1, 0.15) is 11.6 Å². The van der Waals surface area contributed by atoms with Gasteiger partial charge in [0.05, 0.1) is 6.07 Å². The molecule has 0 fully saturated rings. The Bertz CT molecular complexity index is 576. The Labute approximate surface area is 103 Å². The van der Waals surface area contributed by atoms with Gasteiger partial charge in [0.25, 0.3) is 0 Å². The van der Waals surface area contributed by atoms with Crippen molar-refractivity contribution in [3.05, 3.63) is 65.7 Å². The third kappa shape index (κ3) is 2.64. The highest BCUT2D eigenvalue weighted by atomic mass is 19.1. The van der Waals surface area contributed by atoms with Crippen molar-refractivity contribution in [1.82, 2.24) is 0 Å². The summed E-state index contributed by atoms with van der Waals surface area (Å²) in [5.41, 5.74) is 0.829. The van der Waals surface area contributed by atoms with Gasteiger partial charge in [-0.1, -0.05) is 24.3 Å². The molecule has 0 radical (unpaired) electrons. The fourth-order valence-electron chi connectivity index (χ4n) is 1.62. The first-order valence-corrected chi connectivity index (χ1v) is 5.37. The molecule has 0 heterocycles. The van der Waals surface area contributed by atoms with E-state index in [0.717, 1.165) is 12.1 Å². The van der Waals surface area contributed by atoms with Crippen LogP contribution in [0.3, 0.4) is 0 Å². The summed E-state index contributed by atoms with van der Waals surface area (Å²) in [6.45, 7) is 0. The van der Waals surface area contributed by atoms with Crippen LogP contribution in [-0.2, 0) is 0 Å². The summed E-state index contributed by atoms with van der Waals surface area (Å²) >= 11 is 0. The SMILES string of the molecule is N#CC(Nc1ccccc1)c1ccc(F)cc1F. The number of benzene rings is 2. The van der Waals surface area contributed by atoms with Crippen molar-refractivity contribution in [3.8, 4) is 6.07 Å². The van der Waals surface area contributed by atoms with E-state index in [1.807, 2.05) is 12.1 Å². The minimum Gasteiger partial charge on any atom is -0.366 e. The van der Waals surface area contributed by atoms with Crippen LogP contribution in [0.25, 0.3) is 0 Å². The molecule has 18 heavy (non-hydrogen) atoms. The molecule has 0 bridgehead atoms. The Kier molecular flexibility index (Phi) is 3.54. The second kappa shape index (κ2) is 5.28. The van der Waals surface area contributed by atoms with E-state index in [9.17, 15) is 8.78 Å². The average Bonchev–Trinajstić information content (AvgIpc) is 2.38. The number of anilines is 1. The third-order valence-corrected chi connectivity index (χ3v) is 2.49. The molecule has 0 aliphatic heterocycles. The second-order valence-corrected chi connectivity index (χ2v) is 3.74. The zero-order valence-corrected chi connectivity index (χ0v) is 9.40. The third-order valence-electron chi connectivity index (χ3n) is 2.49. The molecule has 0 saturated carbocycles. The molecule has 0 aromatic heterocycles. The lowest BCUT2D eigenvalue weighted by Crippen LogP contribution is -2.10. The Morgan fingerprint density at radius 3 is 2.39 bits per heavy atom. The van der Waals surface area contributed by atoms with Crippen molar-refractivity contribution >= 4 is 5.69 Å². The predicted molar refractivity (Wildman–Crippen MR) is 64.8 cm³/mol. The van der Waals surface area contributed by atoms with Gasteiger partial charge in [0.15, 0.2) is 0 Å². The first kappa shape index (κ1) is 12.1. The molecule has 2 nitrogen and oxygen atoms in total. The summed E-state index contributed by atoms with van der Waals surface area (Å²) in [5, 5.41) is 11.9. The van der Waals surface area contributed by atoms with E-state index in [2.05, 4.69) is 5.32 Å². The van der Waals surface area contributed by atoms with Gasteiger partial charge in [-0.3, -0.25) is 0 Å². The molecule has 0 spiro atoms. The van der Waals surface area contributed by atoms with Gasteiger partial charge >= 0.3 is 0 Å². The summed E-state index contributed by atoms with van der Waals surface area (Å²) in [6, 6.07) is 13.3. The Balaban J connectivity index is 2.27. The first-order chi connectivity index (χ1) is 8.70. The van der Waals surface area contributed by atoms with Gasteiger partial charge < -0.3 is 5.32 Å². The number of hydrogen-bond acceptors (Lipinski definition) is 2. The van der Waals surface area contributed by atoms with Crippen LogP contribution in [0.4, 0.5) is 14.5 Å². The molecule has 2 aromatic rings. The number of nitrogens with one attached hydrogen (secondary N) is 1. The maximum Gasteiger partial charge on any atom is 0.143 e. The Hall–Kier alpha value is -2.41. The van der Waals surface area contributed by atoms with E-state index in [1.165, 1.54) is 6.07 Å². The maximum absolute atomic E-state index is 13.6. The molecular formula is C14H10F2N2. The van der Waals surface area contributed by atoms with Crippen LogP contribution in [0.5, 0.6) is 0 Å². The standard InChI is InChI=1S/C14H10F2N2/c15-10-6-7-12(13(16)8-10)14(9-17)18-11-4-2-1-3-5-11/h1-8,14,18H. The summed E-state index contributed by atoms with van der Waals surface area (Å²) in [7, 11) is 0. The highest BCUT2D eigenvalue weighted by Crippen LogP contribution is 2.22. The van der Waals surface area contributed by atoms with Crippen molar-refractivity contribution in [2.45, 2.75) is 6.04 Å². The molecule has 4 heteroatoms. The lowest BCUT2D eigenvalue weighted by Gasteiger charge is -2.13. The summed E-state index contributed by atoms with van der Waals surface area (Å²) < 4.78 is 26.4. The van der Waals surface area contributed by atoms with Crippen molar-refractivity contribution < 1.29 is 8.78 Å². The number of para-hydroxylation sites is 1. The van der Waals surface area contributed by atoms with E-state index >= 15 is 0 Å². The zero-order chi connectivity index (χ0) is 13.0. The number of rotatable bonds is 3. The van der Waals surface area contributed by atoms with E-state index < -0.39 is 17.7 Å². The minimum absolute atomic E-state index is 0.128. The number of halogens is 2. The molecule has 0 aliphatic rings. The van der Waals surface area contributed by atoms with Crippen molar-refractivity contribution in [1.29, 1.82) is 5.26 Å². The van der Waals surface area contributed by atoms with Gasteiger partial charge in [-0.05, 0) is 18.2 Å². The second-order valence-electron chi connectivity index (χ2n) is 3.74. The number of nitriles is 1. The first-order valence-electron chi connectivity index (χ1n) is 5.37. The van der Waals surface area contributed by atoms with E-state index in [-0.39, 0.29) is 5.56 Å². The zero-order valence-electron chi connectivity index (χ0n) is 9.40. The monoisotopic (exact) mass is 244 g/mol. The minimum atomic E-state index is -0.854. The fraction of sp³-hybridized carbons (Fsp3) is 0.0714. The fourth-order valence-corrected chi connectivity index (χ4v) is 1.62. The van der Waals surface area contributed by atoms with Gasteiger partial charge in [0, 0.05) is 17.3 Å². The lowest BCUT2D eigenvalue weighted by molar-refractivity contribution is 0.570. The van der Waals surface area contributed by atoms with Crippen LogP contribution in [-0.4, -0.2) is 0 Å². The lowest BCUT2D eigenvalue weighted by atomic mass is 10.1. The highest BCUT2D eigenvalue weighted by molar-refractivity contribution is 5.47. The van der Waals surface area contributed by atoms with Gasteiger partial charge in [-0.25, -0.2) is 8.78 Å². The van der Waals surface area contributed by atoms with Crippen LogP contribution in [0, 0.1) is 23.0 Å². The van der Waals surface area contributed by atoms with Gasteiger partial charge in [0.2, 0.25) is 0 Å². The molecule has 1 unspecified atom stereocenters. The molecule has 0 amide bonds. The van der Waals surface area contributed by atoms with Crippen LogP contribution in [0.2, 0.25) is 0 Å². The summed E-state index contributed by atoms with van der Waals surface area (Å²) in [5.74, 6) is -1.39. The molecule has 90 valence electrons. The molecule has 0 saturated heterocycles. The Morgan fingerprint density at radius 1 is 1.06 bits per heavy atom. The van der Waals surface area contributed by atoms with Crippen LogP contribution < -0.4 is 5.32 Å². The van der Waals surface area contributed by atoms with Gasteiger partial charge in [-0.15, -0.1) is 0 Å². The van der Waals surface area contributed by atoms with E-state index in [4.69, 9.17) is 5.26 Å². The quantitative estimate of drug-likeness (QED) is 0.894. The van der Waals surface area contributed by atoms with Crippen molar-refractivity contribution in [2.24, 2.45) is 0 Å². The van der Waals surface area contributed by atoms with Crippen molar-refractivity contribution in [2.75, 3.05) is 5.32 Å². The summed E-state index contributed by atoms with van der Waals surface area (Å²) in [4.78, 5) is 0. The van der Waals surface area contributed by atoms with Crippen molar-refractivity contribution in [3.63, 3.8) is 0 Å². The predicted octanol–water partition coefficient (Wildman–Crippen LogP) is 3.64. The highest BCUT2D eigenvalue weighted by Gasteiger charge is 2.15. The van der Waals surface area contributed by atoms with Crippen LogP contribution >= 0.6 is 0 Å². The smallest absolute Gasteiger partial charge is 0.143 e. The van der Waals surface area contributed by atoms with E-state index in [1.54, 1.807) is 24.3 Å². The number of nitrogens with zero attached hydrogens (tertiary/aromatic N) is 1. The normalized spacial score (nSPS) is 11.6. The average molecular weight is 244 g/mol. The summed E-state index contributed by atoms with van der Waals surface area (Å²) in [6.07, 6.45) is 0.